The molecule has 1 fully saturated rings. The topological polar surface area (TPSA) is 70.1 Å². The first-order chi connectivity index (χ1) is 10.6. The van der Waals surface area contributed by atoms with Gasteiger partial charge in [0.05, 0.1) is 6.10 Å². The van der Waals surface area contributed by atoms with Gasteiger partial charge in [-0.2, -0.15) is 0 Å². The number of nitrogens with zero attached hydrogens (tertiary/aromatic N) is 2. The first-order valence-corrected chi connectivity index (χ1v) is 7.44. The lowest BCUT2D eigenvalue weighted by Gasteiger charge is -2.35. The van der Waals surface area contributed by atoms with Crippen molar-refractivity contribution in [2.45, 2.75) is 13.0 Å². The number of piperazine rings is 1. The van der Waals surface area contributed by atoms with Crippen molar-refractivity contribution in [2.24, 2.45) is 0 Å². The molecule has 1 amide bonds. The summed E-state index contributed by atoms with van der Waals surface area (Å²) in [7, 11) is 0. The summed E-state index contributed by atoms with van der Waals surface area (Å²) >= 11 is 0. The van der Waals surface area contributed by atoms with Crippen molar-refractivity contribution in [1.82, 2.24) is 9.80 Å². The van der Waals surface area contributed by atoms with Crippen LogP contribution in [0.1, 0.15) is 17.3 Å². The second kappa shape index (κ2) is 7.91. The molecule has 2 rings (SSSR count). The Morgan fingerprint density at radius 3 is 2.45 bits per heavy atom. The van der Waals surface area contributed by atoms with E-state index in [-0.39, 0.29) is 18.6 Å². The number of rotatable bonds is 6. The maximum atomic E-state index is 12.1. The molecule has 0 radical (unpaired) electrons. The van der Waals surface area contributed by atoms with Crippen LogP contribution in [0.25, 0.3) is 0 Å². The van der Waals surface area contributed by atoms with Gasteiger partial charge >= 0.3 is 0 Å². The number of ether oxygens (including phenoxy) is 1. The van der Waals surface area contributed by atoms with E-state index in [2.05, 4.69) is 4.90 Å². The molecule has 1 N–H and O–H groups in total. The van der Waals surface area contributed by atoms with Gasteiger partial charge in [0.15, 0.2) is 6.61 Å². The average Bonchev–Trinajstić information content (AvgIpc) is 2.53. The molecule has 0 spiro atoms. The number of hydrogen-bond acceptors (Lipinski definition) is 5. The van der Waals surface area contributed by atoms with Crippen LogP contribution in [-0.4, -0.2) is 72.5 Å². The summed E-state index contributed by atoms with van der Waals surface area (Å²) in [5.74, 6) is 0.530. The number of carbonyl (C=O) groups excluding carboxylic acids is 2. The number of carbonyl (C=O) groups is 2. The largest absolute Gasteiger partial charge is 0.484 e. The Balaban J connectivity index is 1.74. The smallest absolute Gasteiger partial charge is 0.260 e. The van der Waals surface area contributed by atoms with E-state index in [1.165, 1.54) is 0 Å². The minimum atomic E-state index is -0.347. The van der Waals surface area contributed by atoms with Gasteiger partial charge in [0.25, 0.3) is 5.91 Å². The lowest BCUT2D eigenvalue weighted by atomic mass is 10.2. The molecular weight excluding hydrogens is 284 g/mol. The Hall–Kier alpha value is -1.92. The van der Waals surface area contributed by atoms with Gasteiger partial charge in [0, 0.05) is 38.3 Å². The van der Waals surface area contributed by atoms with E-state index < -0.39 is 0 Å². The summed E-state index contributed by atoms with van der Waals surface area (Å²) in [5, 5.41) is 9.36. The first kappa shape index (κ1) is 16.5. The lowest BCUT2D eigenvalue weighted by Crippen LogP contribution is -2.51. The molecule has 22 heavy (non-hydrogen) atoms. The molecule has 1 unspecified atom stereocenters. The molecule has 1 atom stereocenters. The van der Waals surface area contributed by atoms with Crippen LogP contribution in [0.15, 0.2) is 24.3 Å². The third kappa shape index (κ3) is 4.82. The van der Waals surface area contributed by atoms with Crippen molar-refractivity contribution in [3.8, 4) is 5.75 Å². The third-order valence-electron chi connectivity index (χ3n) is 3.63. The molecular formula is C16H22N2O4. The Labute approximate surface area is 130 Å². The second-order valence-corrected chi connectivity index (χ2v) is 5.51. The number of amides is 1. The van der Waals surface area contributed by atoms with Gasteiger partial charge in [0.1, 0.15) is 12.0 Å². The highest BCUT2D eigenvalue weighted by molar-refractivity contribution is 5.78. The number of aliphatic hydroxyl groups is 1. The molecule has 1 aromatic rings. The lowest BCUT2D eigenvalue weighted by molar-refractivity contribution is -0.135. The zero-order valence-corrected chi connectivity index (χ0v) is 12.8. The molecule has 0 saturated carbocycles. The van der Waals surface area contributed by atoms with E-state index in [4.69, 9.17) is 4.74 Å². The molecule has 1 heterocycles. The molecule has 0 bridgehead atoms. The summed E-state index contributed by atoms with van der Waals surface area (Å²) in [6.45, 7) is 5.24. The van der Waals surface area contributed by atoms with Gasteiger partial charge in [-0.1, -0.05) is 0 Å². The van der Waals surface area contributed by atoms with Crippen molar-refractivity contribution >= 4 is 12.2 Å². The van der Waals surface area contributed by atoms with Gasteiger partial charge in [-0.25, -0.2) is 0 Å². The van der Waals surface area contributed by atoms with Crippen molar-refractivity contribution < 1.29 is 19.4 Å². The number of hydrogen-bond donors (Lipinski definition) is 1. The van der Waals surface area contributed by atoms with Crippen LogP contribution in [0.4, 0.5) is 0 Å². The van der Waals surface area contributed by atoms with E-state index in [0.29, 0.717) is 30.9 Å². The highest BCUT2D eigenvalue weighted by Gasteiger charge is 2.21. The predicted octanol–water partition coefficient (Wildman–Crippen LogP) is 0.403. The molecule has 0 aliphatic carbocycles. The fraction of sp³-hybridized carbons (Fsp3) is 0.500. The first-order valence-electron chi connectivity index (χ1n) is 7.44. The zero-order valence-electron chi connectivity index (χ0n) is 12.8. The molecule has 6 heteroatoms. The average molecular weight is 306 g/mol. The maximum Gasteiger partial charge on any atom is 0.260 e. The number of β-amino-alcohol motifs (C(OH)–C–C–N with tert-alkyl or cyclic N) is 1. The van der Waals surface area contributed by atoms with E-state index in [9.17, 15) is 14.7 Å². The van der Waals surface area contributed by atoms with Crippen LogP contribution in [0.3, 0.4) is 0 Å². The molecule has 1 aliphatic heterocycles. The highest BCUT2D eigenvalue weighted by atomic mass is 16.5. The van der Waals surface area contributed by atoms with E-state index >= 15 is 0 Å². The standard InChI is InChI=1S/C16H22N2O4/c1-13(20)10-17-6-8-18(9-7-17)16(21)12-22-15-4-2-14(11-19)3-5-15/h2-5,11,13,20H,6-10,12H2,1H3. The van der Waals surface area contributed by atoms with Crippen molar-refractivity contribution in [3.63, 3.8) is 0 Å². The van der Waals surface area contributed by atoms with Crippen LogP contribution in [0.2, 0.25) is 0 Å². The quantitative estimate of drug-likeness (QED) is 0.771. The van der Waals surface area contributed by atoms with Crippen molar-refractivity contribution in [1.29, 1.82) is 0 Å². The molecule has 1 aromatic carbocycles. The van der Waals surface area contributed by atoms with Crippen molar-refractivity contribution in [3.05, 3.63) is 29.8 Å². The normalized spacial score (nSPS) is 17.1. The number of aldehydes is 1. The Kier molecular flexibility index (Phi) is 5.91. The van der Waals surface area contributed by atoms with E-state index in [0.717, 1.165) is 19.4 Å². The maximum absolute atomic E-state index is 12.1. The van der Waals surface area contributed by atoms with Gasteiger partial charge < -0.3 is 14.7 Å². The van der Waals surface area contributed by atoms with Gasteiger partial charge in [-0.3, -0.25) is 14.5 Å². The number of aliphatic hydroxyl groups excluding tert-OH is 1. The van der Waals surface area contributed by atoms with Crippen LogP contribution in [0.5, 0.6) is 5.75 Å². The Morgan fingerprint density at radius 1 is 1.27 bits per heavy atom. The van der Waals surface area contributed by atoms with Crippen LogP contribution < -0.4 is 4.74 Å². The van der Waals surface area contributed by atoms with Gasteiger partial charge in [-0.05, 0) is 31.2 Å². The summed E-state index contributed by atoms with van der Waals surface area (Å²) in [6, 6.07) is 6.67. The summed E-state index contributed by atoms with van der Waals surface area (Å²) < 4.78 is 5.45. The molecule has 6 nitrogen and oxygen atoms in total. The zero-order chi connectivity index (χ0) is 15.9. The summed E-state index contributed by atoms with van der Waals surface area (Å²) in [4.78, 5) is 26.6. The Bertz CT molecular complexity index is 493. The third-order valence-corrected chi connectivity index (χ3v) is 3.63. The number of benzene rings is 1. The summed E-state index contributed by atoms with van der Waals surface area (Å²) in [6.07, 6.45) is 0.418. The fourth-order valence-electron chi connectivity index (χ4n) is 2.43. The molecule has 1 saturated heterocycles. The van der Waals surface area contributed by atoms with Crippen molar-refractivity contribution in [2.75, 3.05) is 39.3 Å². The van der Waals surface area contributed by atoms with E-state index in [1.54, 1.807) is 36.1 Å². The van der Waals surface area contributed by atoms with E-state index in [1.807, 2.05) is 0 Å². The predicted molar refractivity (Wildman–Crippen MR) is 82.0 cm³/mol. The van der Waals surface area contributed by atoms with Crippen LogP contribution in [0, 0.1) is 0 Å². The highest BCUT2D eigenvalue weighted by Crippen LogP contribution is 2.11. The van der Waals surface area contributed by atoms with Crippen LogP contribution >= 0.6 is 0 Å². The van der Waals surface area contributed by atoms with Gasteiger partial charge in [0.2, 0.25) is 0 Å². The molecule has 120 valence electrons. The minimum absolute atomic E-state index is 0.00314. The fourth-order valence-corrected chi connectivity index (χ4v) is 2.43. The van der Waals surface area contributed by atoms with Crippen LogP contribution in [-0.2, 0) is 4.79 Å². The summed E-state index contributed by atoms with van der Waals surface area (Å²) in [5.41, 5.74) is 0.577. The Morgan fingerprint density at radius 2 is 1.91 bits per heavy atom. The van der Waals surface area contributed by atoms with Gasteiger partial charge in [-0.15, -0.1) is 0 Å². The molecule has 1 aliphatic rings. The second-order valence-electron chi connectivity index (χ2n) is 5.51. The molecule has 0 aromatic heterocycles. The SMILES string of the molecule is CC(O)CN1CCN(C(=O)COc2ccc(C=O)cc2)CC1. The monoisotopic (exact) mass is 306 g/mol. The minimum Gasteiger partial charge on any atom is -0.484 e.